The van der Waals surface area contributed by atoms with Crippen LogP contribution >= 0.6 is 0 Å². The molecule has 4 nitrogen and oxygen atoms in total. The molecule has 0 spiro atoms. The molecule has 2 aromatic carbocycles. The van der Waals surface area contributed by atoms with Gasteiger partial charge in [0.15, 0.2) is 0 Å². The van der Waals surface area contributed by atoms with Crippen LogP contribution in [0.1, 0.15) is 23.6 Å². The first-order valence-electron chi connectivity index (χ1n) is 7.55. The highest BCUT2D eigenvalue weighted by atomic mass is 32.2. The Morgan fingerprint density at radius 1 is 1.13 bits per heavy atom. The second kappa shape index (κ2) is 6.64. The molecule has 0 radical (unpaired) electrons. The minimum atomic E-state index is -1.71. The molecule has 2 atom stereocenters. The van der Waals surface area contributed by atoms with Crippen LogP contribution in [-0.4, -0.2) is 20.3 Å². The van der Waals surface area contributed by atoms with Crippen LogP contribution < -0.4 is 4.18 Å². The lowest BCUT2D eigenvalue weighted by Crippen LogP contribution is -2.46. The molecule has 0 aromatic heterocycles. The van der Waals surface area contributed by atoms with E-state index in [9.17, 15) is 9.00 Å². The van der Waals surface area contributed by atoms with Crippen molar-refractivity contribution >= 4 is 17.0 Å². The van der Waals surface area contributed by atoms with Gasteiger partial charge in [-0.05, 0) is 43.5 Å². The van der Waals surface area contributed by atoms with Crippen molar-refractivity contribution in [2.45, 2.75) is 32.9 Å². The molecule has 0 fully saturated rings. The molecule has 1 aliphatic heterocycles. The van der Waals surface area contributed by atoms with Gasteiger partial charge in [0.2, 0.25) is 0 Å². The Labute approximate surface area is 138 Å². The third-order valence-electron chi connectivity index (χ3n) is 4.05. The van der Waals surface area contributed by atoms with Crippen LogP contribution in [-0.2, 0) is 29.0 Å². The van der Waals surface area contributed by atoms with Gasteiger partial charge in [-0.15, -0.1) is 0 Å². The smallest absolute Gasteiger partial charge is 0.291 e. The van der Waals surface area contributed by atoms with Crippen molar-refractivity contribution in [2.75, 3.05) is 0 Å². The van der Waals surface area contributed by atoms with E-state index in [1.807, 2.05) is 43.3 Å². The summed E-state index contributed by atoms with van der Waals surface area (Å²) in [6, 6.07) is 14.9. The summed E-state index contributed by atoms with van der Waals surface area (Å²) in [5.74, 6) is 0.537. The topological polar surface area (TPSA) is 46.6 Å². The SMILES string of the molecule is CC(=O)[C@H]1Cc2ccccc2CN1S(=O)Oc1ccc(C)cc1. The summed E-state index contributed by atoms with van der Waals surface area (Å²) in [5.41, 5.74) is 3.33. The van der Waals surface area contributed by atoms with Crippen LogP contribution in [0.2, 0.25) is 0 Å². The van der Waals surface area contributed by atoms with E-state index in [2.05, 4.69) is 0 Å². The highest BCUT2D eigenvalue weighted by Gasteiger charge is 2.34. The van der Waals surface area contributed by atoms with Gasteiger partial charge in [0.05, 0.1) is 6.04 Å². The third kappa shape index (κ3) is 3.51. The van der Waals surface area contributed by atoms with E-state index in [4.69, 9.17) is 4.18 Å². The molecule has 23 heavy (non-hydrogen) atoms. The molecule has 0 amide bonds. The maximum Gasteiger partial charge on any atom is 0.291 e. The molecule has 2 aromatic rings. The molecule has 0 bridgehead atoms. The largest absolute Gasteiger partial charge is 0.389 e. The van der Waals surface area contributed by atoms with E-state index in [1.54, 1.807) is 16.4 Å². The summed E-state index contributed by atoms with van der Waals surface area (Å²) in [5, 5.41) is 0. The van der Waals surface area contributed by atoms with Crippen molar-refractivity contribution in [1.29, 1.82) is 0 Å². The van der Waals surface area contributed by atoms with Gasteiger partial charge < -0.3 is 4.18 Å². The maximum absolute atomic E-state index is 12.6. The first kappa shape index (κ1) is 15.9. The molecule has 120 valence electrons. The lowest BCUT2D eigenvalue weighted by molar-refractivity contribution is -0.120. The molecule has 5 heteroatoms. The first-order valence-corrected chi connectivity index (χ1v) is 8.58. The maximum atomic E-state index is 12.6. The minimum absolute atomic E-state index is 0.000333. The fourth-order valence-corrected chi connectivity index (χ4v) is 3.77. The molecule has 0 saturated heterocycles. The Kier molecular flexibility index (Phi) is 4.59. The number of aryl methyl sites for hydroxylation is 1. The lowest BCUT2D eigenvalue weighted by Gasteiger charge is -2.33. The number of Topliss-reactive ketones (excluding diaryl/α,β-unsaturated/α-hetero) is 1. The Hall–Kier alpha value is -1.98. The Bertz CT molecular complexity index is 742. The summed E-state index contributed by atoms with van der Waals surface area (Å²) in [6.45, 7) is 3.96. The number of carbonyl (C=O) groups excluding carboxylic acids is 1. The van der Waals surface area contributed by atoms with Crippen molar-refractivity contribution in [3.63, 3.8) is 0 Å². The van der Waals surface area contributed by atoms with Gasteiger partial charge in [0, 0.05) is 6.54 Å². The van der Waals surface area contributed by atoms with Crippen molar-refractivity contribution in [2.24, 2.45) is 0 Å². The van der Waals surface area contributed by atoms with Crippen LogP contribution in [0.25, 0.3) is 0 Å². The van der Waals surface area contributed by atoms with Crippen LogP contribution in [0, 0.1) is 6.92 Å². The van der Waals surface area contributed by atoms with Gasteiger partial charge in [-0.25, -0.2) is 0 Å². The Morgan fingerprint density at radius 2 is 1.78 bits per heavy atom. The van der Waals surface area contributed by atoms with Crippen LogP contribution in [0.15, 0.2) is 48.5 Å². The zero-order valence-electron chi connectivity index (χ0n) is 13.2. The molecule has 1 unspecified atom stereocenters. The molecule has 0 N–H and O–H groups in total. The normalized spacial score (nSPS) is 19.0. The number of benzene rings is 2. The molecular weight excluding hydrogens is 310 g/mol. The van der Waals surface area contributed by atoms with E-state index < -0.39 is 17.3 Å². The van der Waals surface area contributed by atoms with Gasteiger partial charge in [-0.2, -0.15) is 8.51 Å². The molecule has 3 rings (SSSR count). The van der Waals surface area contributed by atoms with Gasteiger partial charge >= 0.3 is 0 Å². The molecule has 0 saturated carbocycles. The number of hydrogen-bond donors (Lipinski definition) is 0. The molecular formula is C18H19NO3S. The average Bonchev–Trinajstić information content (AvgIpc) is 2.55. The number of hydrogen-bond acceptors (Lipinski definition) is 3. The third-order valence-corrected chi connectivity index (χ3v) is 5.16. The van der Waals surface area contributed by atoms with Crippen molar-refractivity contribution in [1.82, 2.24) is 4.31 Å². The average molecular weight is 329 g/mol. The van der Waals surface area contributed by atoms with Crippen molar-refractivity contribution < 1.29 is 13.2 Å². The summed E-state index contributed by atoms with van der Waals surface area (Å²) >= 11 is -1.71. The quantitative estimate of drug-likeness (QED) is 0.866. The summed E-state index contributed by atoms with van der Waals surface area (Å²) in [4.78, 5) is 12.0. The number of nitrogens with zero attached hydrogens (tertiary/aromatic N) is 1. The summed E-state index contributed by atoms with van der Waals surface area (Å²) < 4.78 is 19.8. The standard InChI is InChI=1S/C18H19NO3S/c1-13-7-9-17(10-8-13)22-23(21)19-12-16-6-4-3-5-15(16)11-18(19)14(2)20/h3-10,18H,11-12H2,1-2H3/t18-,23?/m1/s1. The Balaban J connectivity index is 1.83. The van der Waals surface area contributed by atoms with E-state index in [-0.39, 0.29) is 5.78 Å². The molecule has 1 aliphatic rings. The highest BCUT2D eigenvalue weighted by Crippen LogP contribution is 2.26. The van der Waals surface area contributed by atoms with Gasteiger partial charge in [0.25, 0.3) is 11.3 Å². The number of rotatable bonds is 4. The van der Waals surface area contributed by atoms with Gasteiger partial charge in [-0.3, -0.25) is 4.79 Å². The minimum Gasteiger partial charge on any atom is -0.389 e. The fourth-order valence-electron chi connectivity index (χ4n) is 2.73. The predicted molar refractivity (Wildman–Crippen MR) is 90.1 cm³/mol. The fraction of sp³-hybridized carbons (Fsp3) is 0.278. The molecule has 0 aliphatic carbocycles. The van der Waals surface area contributed by atoms with E-state index in [1.165, 1.54) is 6.92 Å². The zero-order chi connectivity index (χ0) is 16.4. The highest BCUT2D eigenvalue weighted by molar-refractivity contribution is 7.78. The van der Waals surface area contributed by atoms with Crippen molar-refractivity contribution in [3.05, 3.63) is 65.2 Å². The predicted octanol–water partition coefficient (Wildman–Crippen LogP) is 2.97. The zero-order valence-corrected chi connectivity index (χ0v) is 14.0. The monoisotopic (exact) mass is 329 g/mol. The Morgan fingerprint density at radius 3 is 2.43 bits per heavy atom. The van der Waals surface area contributed by atoms with Crippen LogP contribution in [0.5, 0.6) is 5.75 Å². The second-order valence-electron chi connectivity index (χ2n) is 5.79. The van der Waals surface area contributed by atoms with Gasteiger partial charge in [-0.1, -0.05) is 42.0 Å². The van der Waals surface area contributed by atoms with E-state index >= 15 is 0 Å². The number of carbonyl (C=O) groups is 1. The van der Waals surface area contributed by atoms with Crippen LogP contribution in [0.4, 0.5) is 0 Å². The van der Waals surface area contributed by atoms with E-state index in [0.717, 1.165) is 16.7 Å². The van der Waals surface area contributed by atoms with E-state index in [0.29, 0.717) is 18.7 Å². The van der Waals surface area contributed by atoms with Crippen molar-refractivity contribution in [3.8, 4) is 5.75 Å². The first-order chi connectivity index (χ1) is 11.0. The van der Waals surface area contributed by atoms with Crippen LogP contribution in [0.3, 0.4) is 0 Å². The number of ketones is 1. The lowest BCUT2D eigenvalue weighted by atomic mass is 9.94. The summed E-state index contributed by atoms with van der Waals surface area (Å²) in [7, 11) is 0. The van der Waals surface area contributed by atoms with Gasteiger partial charge in [0.1, 0.15) is 11.5 Å². The summed E-state index contributed by atoms with van der Waals surface area (Å²) in [6.07, 6.45) is 0.564. The molecule has 1 heterocycles. The second-order valence-corrected chi connectivity index (χ2v) is 6.86. The number of fused-ring (bicyclic) bond motifs is 1.